The van der Waals surface area contributed by atoms with Crippen molar-refractivity contribution < 1.29 is 0 Å². The molecule has 0 aliphatic rings. The third kappa shape index (κ3) is 4.01. The van der Waals surface area contributed by atoms with E-state index >= 15 is 0 Å². The van der Waals surface area contributed by atoms with E-state index in [1.807, 2.05) is 6.08 Å². The standard InChI is InChI=1S/C9H16/c1-5-8(3)7-9(4)6-2/h5,7,9H,1,6H2,2-4H3/b8-7+. The fourth-order valence-electron chi connectivity index (χ4n) is 0.635. The second-order valence-electron chi connectivity index (χ2n) is 2.50. The summed E-state index contributed by atoms with van der Waals surface area (Å²) in [7, 11) is 0. The van der Waals surface area contributed by atoms with Crippen LogP contribution in [0.2, 0.25) is 0 Å². The van der Waals surface area contributed by atoms with Crippen LogP contribution in [0.4, 0.5) is 0 Å². The van der Waals surface area contributed by atoms with Gasteiger partial charge in [0, 0.05) is 0 Å². The second-order valence-corrected chi connectivity index (χ2v) is 2.50. The number of allylic oxidation sites excluding steroid dienone is 3. The van der Waals surface area contributed by atoms with Gasteiger partial charge in [-0.15, -0.1) is 0 Å². The van der Waals surface area contributed by atoms with Gasteiger partial charge in [0.1, 0.15) is 0 Å². The van der Waals surface area contributed by atoms with E-state index < -0.39 is 0 Å². The molecule has 0 aromatic rings. The summed E-state index contributed by atoms with van der Waals surface area (Å²) in [6.07, 6.45) is 5.35. The Morgan fingerprint density at radius 3 is 2.56 bits per heavy atom. The first-order valence-electron chi connectivity index (χ1n) is 3.51. The third-order valence-electron chi connectivity index (χ3n) is 1.51. The minimum atomic E-state index is 0.697. The molecule has 0 aliphatic carbocycles. The van der Waals surface area contributed by atoms with Crippen molar-refractivity contribution in [3.63, 3.8) is 0 Å². The molecule has 0 rings (SSSR count). The van der Waals surface area contributed by atoms with Gasteiger partial charge in [0.2, 0.25) is 0 Å². The lowest BCUT2D eigenvalue weighted by atomic mass is 10.1. The molecule has 0 aromatic carbocycles. The minimum Gasteiger partial charge on any atom is -0.0988 e. The van der Waals surface area contributed by atoms with E-state index in [0.29, 0.717) is 5.92 Å². The molecule has 0 heteroatoms. The van der Waals surface area contributed by atoms with Crippen LogP contribution in [0.3, 0.4) is 0 Å². The lowest BCUT2D eigenvalue weighted by molar-refractivity contribution is 0.694. The van der Waals surface area contributed by atoms with Gasteiger partial charge >= 0.3 is 0 Å². The summed E-state index contributed by atoms with van der Waals surface area (Å²) in [6, 6.07) is 0. The van der Waals surface area contributed by atoms with Crippen LogP contribution >= 0.6 is 0 Å². The van der Waals surface area contributed by atoms with Crippen molar-refractivity contribution in [2.75, 3.05) is 0 Å². The summed E-state index contributed by atoms with van der Waals surface area (Å²) in [4.78, 5) is 0. The topological polar surface area (TPSA) is 0 Å². The highest BCUT2D eigenvalue weighted by Crippen LogP contribution is 2.06. The molecule has 0 heterocycles. The van der Waals surface area contributed by atoms with Crippen LogP contribution in [0.15, 0.2) is 24.3 Å². The second kappa shape index (κ2) is 4.37. The smallest absolute Gasteiger partial charge is 0.0259 e. The first-order valence-corrected chi connectivity index (χ1v) is 3.51. The highest BCUT2D eigenvalue weighted by Gasteiger charge is 1.90. The number of hydrogen-bond acceptors (Lipinski definition) is 0. The van der Waals surface area contributed by atoms with Crippen molar-refractivity contribution in [3.8, 4) is 0 Å². The molecule has 0 saturated heterocycles. The SMILES string of the molecule is C=C/C(C)=C/C(C)CC. The Morgan fingerprint density at radius 1 is 1.67 bits per heavy atom. The van der Waals surface area contributed by atoms with Crippen LogP contribution in [-0.2, 0) is 0 Å². The van der Waals surface area contributed by atoms with Gasteiger partial charge in [-0.25, -0.2) is 0 Å². The van der Waals surface area contributed by atoms with Gasteiger partial charge in [-0.1, -0.05) is 44.6 Å². The zero-order chi connectivity index (χ0) is 7.28. The molecule has 0 fully saturated rings. The molecular weight excluding hydrogens is 108 g/mol. The fourth-order valence-corrected chi connectivity index (χ4v) is 0.635. The van der Waals surface area contributed by atoms with Crippen molar-refractivity contribution in [1.29, 1.82) is 0 Å². The summed E-state index contributed by atoms with van der Waals surface area (Å²) in [6.45, 7) is 10.2. The highest BCUT2D eigenvalue weighted by atomic mass is 14.0. The van der Waals surface area contributed by atoms with Gasteiger partial charge in [-0.2, -0.15) is 0 Å². The monoisotopic (exact) mass is 124 g/mol. The van der Waals surface area contributed by atoms with Crippen molar-refractivity contribution in [3.05, 3.63) is 24.3 Å². The summed E-state index contributed by atoms with van der Waals surface area (Å²) in [5.41, 5.74) is 1.28. The van der Waals surface area contributed by atoms with E-state index in [1.54, 1.807) is 0 Å². The van der Waals surface area contributed by atoms with Gasteiger partial charge in [0.05, 0.1) is 0 Å². The summed E-state index contributed by atoms with van der Waals surface area (Å²) >= 11 is 0. The number of rotatable bonds is 3. The minimum absolute atomic E-state index is 0.697. The Balaban J connectivity index is 3.78. The first kappa shape index (κ1) is 8.48. The van der Waals surface area contributed by atoms with Crippen LogP contribution in [0.5, 0.6) is 0 Å². The van der Waals surface area contributed by atoms with E-state index in [1.165, 1.54) is 12.0 Å². The average Bonchev–Trinajstić information content (AvgIpc) is 1.87. The van der Waals surface area contributed by atoms with E-state index in [0.717, 1.165) is 0 Å². The van der Waals surface area contributed by atoms with Crippen LogP contribution < -0.4 is 0 Å². The van der Waals surface area contributed by atoms with Gasteiger partial charge in [-0.05, 0) is 12.8 Å². The normalized spacial score (nSPS) is 15.2. The van der Waals surface area contributed by atoms with Crippen molar-refractivity contribution in [2.24, 2.45) is 5.92 Å². The molecule has 0 aliphatic heterocycles. The summed E-state index contributed by atoms with van der Waals surface area (Å²) < 4.78 is 0. The Bertz CT molecular complexity index is 109. The molecule has 0 saturated carbocycles. The number of hydrogen-bond donors (Lipinski definition) is 0. The first-order chi connectivity index (χ1) is 4.20. The molecular formula is C9H16. The van der Waals surface area contributed by atoms with E-state index in [4.69, 9.17) is 0 Å². The highest BCUT2D eigenvalue weighted by molar-refractivity contribution is 5.13. The molecule has 52 valence electrons. The Hall–Kier alpha value is -0.520. The molecule has 0 N–H and O–H groups in total. The molecule has 0 bridgehead atoms. The fraction of sp³-hybridized carbons (Fsp3) is 0.556. The van der Waals surface area contributed by atoms with E-state index in [9.17, 15) is 0 Å². The molecule has 0 radical (unpaired) electrons. The molecule has 0 amide bonds. The van der Waals surface area contributed by atoms with Crippen molar-refractivity contribution in [2.45, 2.75) is 27.2 Å². The van der Waals surface area contributed by atoms with E-state index in [-0.39, 0.29) is 0 Å². The largest absolute Gasteiger partial charge is 0.0988 e. The zero-order valence-corrected chi connectivity index (χ0v) is 6.65. The Labute approximate surface area is 58.3 Å². The van der Waals surface area contributed by atoms with Crippen molar-refractivity contribution >= 4 is 0 Å². The maximum absolute atomic E-state index is 3.68. The lowest BCUT2D eigenvalue weighted by Crippen LogP contribution is -1.85. The average molecular weight is 124 g/mol. The van der Waals surface area contributed by atoms with Crippen LogP contribution in [0.1, 0.15) is 27.2 Å². The van der Waals surface area contributed by atoms with Gasteiger partial charge in [0.25, 0.3) is 0 Å². The Kier molecular flexibility index (Phi) is 4.12. The zero-order valence-electron chi connectivity index (χ0n) is 6.65. The molecule has 0 nitrogen and oxygen atoms in total. The van der Waals surface area contributed by atoms with Crippen LogP contribution in [0.25, 0.3) is 0 Å². The molecule has 9 heavy (non-hydrogen) atoms. The lowest BCUT2D eigenvalue weighted by Gasteiger charge is -2.00. The van der Waals surface area contributed by atoms with E-state index in [2.05, 4.69) is 33.4 Å². The van der Waals surface area contributed by atoms with Crippen molar-refractivity contribution in [1.82, 2.24) is 0 Å². The molecule has 1 atom stereocenters. The summed E-state index contributed by atoms with van der Waals surface area (Å²) in [5.74, 6) is 0.697. The third-order valence-corrected chi connectivity index (χ3v) is 1.51. The van der Waals surface area contributed by atoms with Crippen LogP contribution in [0, 0.1) is 5.92 Å². The quantitative estimate of drug-likeness (QED) is 0.507. The maximum Gasteiger partial charge on any atom is -0.0259 e. The molecule has 1 unspecified atom stereocenters. The Morgan fingerprint density at radius 2 is 2.22 bits per heavy atom. The van der Waals surface area contributed by atoms with Gasteiger partial charge in [-0.3, -0.25) is 0 Å². The molecule has 0 aromatic heterocycles. The van der Waals surface area contributed by atoms with Crippen LogP contribution in [-0.4, -0.2) is 0 Å². The summed E-state index contributed by atoms with van der Waals surface area (Å²) in [5, 5.41) is 0. The van der Waals surface area contributed by atoms with Gasteiger partial charge in [0.15, 0.2) is 0 Å². The van der Waals surface area contributed by atoms with Gasteiger partial charge < -0.3 is 0 Å². The maximum atomic E-state index is 3.68. The molecule has 0 spiro atoms. The predicted molar refractivity (Wildman–Crippen MR) is 43.4 cm³/mol. The predicted octanol–water partition coefficient (Wildman–Crippen LogP) is 3.16.